The van der Waals surface area contributed by atoms with Gasteiger partial charge >= 0.3 is 0 Å². The zero-order valence-corrected chi connectivity index (χ0v) is 17.8. The third-order valence-corrected chi connectivity index (χ3v) is 5.56. The molecule has 2 aliphatic heterocycles. The van der Waals surface area contributed by atoms with Crippen molar-refractivity contribution in [3.05, 3.63) is 70.5 Å². The number of carbonyl (C=O) groups is 4. The summed E-state index contributed by atoms with van der Waals surface area (Å²) in [6.07, 6.45) is 0.478. The lowest BCUT2D eigenvalue weighted by Crippen LogP contribution is -2.52. The molecule has 2 N–H and O–H groups in total. The molecular formula is C23H21FN4O5. The summed E-state index contributed by atoms with van der Waals surface area (Å²) in [5.41, 5.74) is 2.37. The van der Waals surface area contributed by atoms with E-state index in [-0.39, 0.29) is 43.5 Å². The van der Waals surface area contributed by atoms with Crippen LogP contribution in [-0.4, -0.2) is 47.4 Å². The molecule has 10 heteroatoms. The molecule has 0 spiro atoms. The van der Waals surface area contributed by atoms with Gasteiger partial charge in [-0.3, -0.25) is 24.5 Å². The molecule has 4 amide bonds. The van der Waals surface area contributed by atoms with Gasteiger partial charge in [0.2, 0.25) is 11.8 Å². The maximum atomic E-state index is 13.2. The van der Waals surface area contributed by atoms with Gasteiger partial charge in [-0.1, -0.05) is 17.3 Å². The van der Waals surface area contributed by atoms with Crippen LogP contribution >= 0.6 is 0 Å². The van der Waals surface area contributed by atoms with Crippen molar-refractivity contribution < 1.29 is 28.4 Å². The summed E-state index contributed by atoms with van der Waals surface area (Å²) >= 11 is 0. The SMILES string of the molecule is CO/N=C(/C(=O)NCc1ccc2c(c1)CN(C1CCC(=O)NC1=O)C2=O)c1ccc(F)cc1. The van der Waals surface area contributed by atoms with Gasteiger partial charge in [-0.25, -0.2) is 4.39 Å². The lowest BCUT2D eigenvalue weighted by atomic mass is 10.0. The number of nitrogens with one attached hydrogen (secondary N) is 2. The number of piperidine rings is 1. The van der Waals surface area contributed by atoms with E-state index in [4.69, 9.17) is 4.84 Å². The van der Waals surface area contributed by atoms with E-state index >= 15 is 0 Å². The van der Waals surface area contributed by atoms with Crippen LogP contribution in [0.15, 0.2) is 47.6 Å². The van der Waals surface area contributed by atoms with Crippen molar-refractivity contribution in [1.82, 2.24) is 15.5 Å². The van der Waals surface area contributed by atoms with E-state index in [9.17, 15) is 23.6 Å². The number of benzene rings is 2. The Kier molecular flexibility index (Phi) is 6.16. The minimum absolute atomic E-state index is 0.00197. The molecule has 0 bridgehead atoms. The number of halogens is 1. The molecular weight excluding hydrogens is 431 g/mol. The van der Waals surface area contributed by atoms with Gasteiger partial charge < -0.3 is 15.1 Å². The lowest BCUT2D eigenvalue weighted by Gasteiger charge is -2.29. The van der Waals surface area contributed by atoms with E-state index in [1.165, 1.54) is 36.3 Å². The molecule has 33 heavy (non-hydrogen) atoms. The molecule has 0 aliphatic carbocycles. The lowest BCUT2D eigenvalue weighted by molar-refractivity contribution is -0.137. The number of nitrogens with zero attached hydrogens (tertiary/aromatic N) is 2. The molecule has 1 unspecified atom stereocenters. The Balaban J connectivity index is 1.44. The Morgan fingerprint density at radius 2 is 1.97 bits per heavy atom. The average molecular weight is 452 g/mol. The summed E-state index contributed by atoms with van der Waals surface area (Å²) in [7, 11) is 1.31. The molecule has 4 rings (SSSR count). The number of hydrogen-bond acceptors (Lipinski definition) is 6. The highest BCUT2D eigenvalue weighted by atomic mass is 19.1. The number of fused-ring (bicyclic) bond motifs is 1. The fourth-order valence-corrected chi connectivity index (χ4v) is 3.93. The van der Waals surface area contributed by atoms with E-state index in [1.54, 1.807) is 18.2 Å². The third kappa shape index (κ3) is 4.59. The maximum Gasteiger partial charge on any atom is 0.274 e. The van der Waals surface area contributed by atoms with Crippen molar-refractivity contribution in [2.75, 3.05) is 7.11 Å². The first kappa shape index (κ1) is 22.1. The first-order valence-electron chi connectivity index (χ1n) is 10.3. The van der Waals surface area contributed by atoms with Crippen molar-refractivity contribution in [3.8, 4) is 0 Å². The Bertz CT molecular complexity index is 1160. The fraction of sp³-hybridized carbons (Fsp3) is 0.261. The average Bonchev–Trinajstić information content (AvgIpc) is 3.12. The van der Waals surface area contributed by atoms with Gasteiger partial charge in [-0.05, 0) is 47.9 Å². The van der Waals surface area contributed by atoms with Crippen molar-refractivity contribution >= 4 is 29.3 Å². The van der Waals surface area contributed by atoms with Crippen LogP contribution in [0.2, 0.25) is 0 Å². The van der Waals surface area contributed by atoms with Crippen molar-refractivity contribution in [3.63, 3.8) is 0 Å². The molecule has 9 nitrogen and oxygen atoms in total. The van der Waals surface area contributed by atoms with E-state index < -0.39 is 23.7 Å². The number of rotatable bonds is 6. The fourth-order valence-electron chi connectivity index (χ4n) is 3.93. The van der Waals surface area contributed by atoms with Gasteiger partial charge in [-0.2, -0.15) is 0 Å². The van der Waals surface area contributed by atoms with E-state index in [0.717, 1.165) is 11.1 Å². The molecule has 0 radical (unpaired) electrons. The topological polar surface area (TPSA) is 117 Å². The Morgan fingerprint density at radius 1 is 1.21 bits per heavy atom. The Labute approximate surface area is 188 Å². The number of carbonyl (C=O) groups excluding carboxylic acids is 4. The zero-order chi connectivity index (χ0) is 23.5. The van der Waals surface area contributed by atoms with Crippen LogP contribution in [0.25, 0.3) is 0 Å². The molecule has 0 saturated carbocycles. The Hall–Kier alpha value is -4.08. The van der Waals surface area contributed by atoms with Gasteiger partial charge in [-0.15, -0.1) is 0 Å². The highest BCUT2D eigenvalue weighted by Crippen LogP contribution is 2.28. The van der Waals surface area contributed by atoms with E-state index in [0.29, 0.717) is 11.1 Å². The standard InChI is InChI=1S/C23H21FN4O5/c1-33-27-20(14-3-5-16(24)6-4-14)22(31)25-11-13-2-7-17-15(10-13)12-28(23(17)32)18-8-9-19(29)26-21(18)30/h2-7,10,18H,8-9,11-12H2,1H3,(H,25,31)(H,26,29,30)/b27-20+. The van der Waals surface area contributed by atoms with Crippen LogP contribution in [0.4, 0.5) is 4.39 Å². The summed E-state index contributed by atoms with van der Waals surface area (Å²) in [5.74, 6) is -2.01. The van der Waals surface area contributed by atoms with Gasteiger partial charge in [0.25, 0.3) is 11.8 Å². The molecule has 2 heterocycles. The molecule has 170 valence electrons. The van der Waals surface area contributed by atoms with Gasteiger partial charge in [0.05, 0.1) is 0 Å². The highest BCUT2D eigenvalue weighted by Gasteiger charge is 2.39. The van der Waals surface area contributed by atoms with E-state index in [1.807, 2.05) is 0 Å². The van der Waals surface area contributed by atoms with Crippen LogP contribution in [0.3, 0.4) is 0 Å². The summed E-state index contributed by atoms with van der Waals surface area (Å²) in [6, 6.07) is 9.79. The van der Waals surface area contributed by atoms with Crippen LogP contribution in [-0.2, 0) is 32.3 Å². The van der Waals surface area contributed by atoms with Crippen LogP contribution in [0.5, 0.6) is 0 Å². The predicted octanol–water partition coefficient (Wildman–Crippen LogP) is 1.25. The Morgan fingerprint density at radius 3 is 2.67 bits per heavy atom. The second-order valence-corrected chi connectivity index (χ2v) is 7.70. The van der Waals surface area contributed by atoms with Crippen LogP contribution < -0.4 is 10.6 Å². The second kappa shape index (κ2) is 9.19. The molecule has 1 atom stereocenters. The number of oxime groups is 1. The van der Waals surface area contributed by atoms with Gasteiger partial charge in [0.15, 0.2) is 5.71 Å². The van der Waals surface area contributed by atoms with Crippen molar-refractivity contribution in [2.45, 2.75) is 32.0 Å². The molecule has 1 saturated heterocycles. The van der Waals surface area contributed by atoms with Gasteiger partial charge in [0, 0.05) is 30.6 Å². The minimum Gasteiger partial charge on any atom is -0.398 e. The van der Waals surface area contributed by atoms with Crippen LogP contribution in [0, 0.1) is 5.82 Å². The largest absolute Gasteiger partial charge is 0.398 e. The van der Waals surface area contributed by atoms with Gasteiger partial charge in [0.1, 0.15) is 19.0 Å². The first-order valence-corrected chi connectivity index (χ1v) is 10.3. The smallest absolute Gasteiger partial charge is 0.274 e. The van der Waals surface area contributed by atoms with Crippen molar-refractivity contribution in [1.29, 1.82) is 0 Å². The van der Waals surface area contributed by atoms with Crippen LogP contribution in [0.1, 0.15) is 39.9 Å². The summed E-state index contributed by atoms with van der Waals surface area (Å²) in [5, 5.41) is 8.76. The number of amides is 4. The molecule has 1 fully saturated rings. The highest BCUT2D eigenvalue weighted by molar-refractivity contribution is 6.45. The molecule has 2 aliphatic rings. The number of hydrogen-bond donors (Lipinski definition) is 2. The molecule has 0 aromatic heterocycles. The van der Waals surface area contributed by atoms with E-state index in [2.05, 4.69) is 15.8 Å². The quantitative estimate of drug-likeness (QED) is 0.389. The molecule has 2 aromatic rings. The summed E-state index contributed by atoms with van der Waals surface area (Å²) < 4.78 is 13.2. The third-order valence-electron chi connectivity index (χ3n) is 5.56. The number of imide groups is 1. The normalized spacial score (nSPS) is 18.1. The zero-order valence-electron chi connectivity index (χ0n) is 17.8. The minimum atomic E-state index is -0.686. The monoisotopic (exact) mass is 452 g/mol. The summed E-state index contributed by atoms with van der Waals surface area (Å²) in [6.45, 7) is 0.400. The second-order valence-electron chi connectivity index (χ2n) is 7.70. The predicted molar refractivity (Wildman–Crippen MR) is 114 cm³/mol. The van der Waals surface area contributed by atoms with Crippen molar-refractivity contribution in [2.24, 2.45) is 5.16 Å². The maximum absolute atomic E-state index is 13.2. The molecule has 2 aromatic carbocycles. The summed E-state index contributed by atoms with van der Waals surface area (Å²) in [4.78, 5) is 55.2. The first-order chi connectivity index (χ1) is 15.9.